The van der Waals surface area contributed by atoms with Gasteiger partial charge < -0.3 is 30.7 Å². The predicted octanol–water partition coefficient (Wildman–Crippen LogP) is 1.73. The van der Waals surface area contributed by atoms with Crippen molar-refractivity contribution in [3.63, 3.8) is 0 Å². The summed E-state index contributed by atoms with van der Waals surface area (Å²) < 4.78 is 1.53. The summed E-state index contributed by atoms with van der Waals surface area (Å²) in [5.74, 6) is -2.07. The molecule has 4 rings (SSSR count). The predicted molar refractivity (Wildman–Crippen MR) is 169 cm³/mol. The van der Waals surface area contributed by atoms with Crippen LogP contribution < -0.4 is 26.8 Å². The van der Waals surface area contributed by atoms with Crippen LogP contribution in [0.4, 0.5) is 4.79 Å². The van der Waals surface area contributed by atoms with Crippen molar-refractivity contribution in [1.82, 2.24) is 30.7 Å². The van der Waals surface area contributed by atoms with Crippen molar-refractivity contribution >= 4 is 29.5 Å². The first kappa shape index (κ1) is 33.9. The molecule has 2 saturated carbocycles. The van der Waals surface area contributed by atoms with Crippen molar-refractivity contribution in [2.45, 2.75) is 96.9 Å². The van der Waals surface area contributed by atoms with Crippen molar-refractivity contribution in [2.24, 2.45) is 23.2 Å². The second-order valence-corrected chi connectivity index (χ2v) is 14.1. The summed E-state index contributed by atoms with van der Waals surface area (Å²) in [6, 6.07) is 2.14. The molecule has 3 aliphatic rings. The molecule has 1 saturated heterocycles. The molecule has 0 spiro atoms. The molecule has 12 heteroatoms. The number of pyridine rings is 1. The molecule has 1 aliphatic heterocycles. The second kappa shape index (κ2) is 13.6. The van der Waals surface area contributed by atoms with Crippen LogP contribution >= 0.6 is 0 Å². The fraction of sp³-hybridized carbons (Fsp3) is 0.636. The van der Waals surface area contributed by atoms with E-state index in [2.05, 4.69) is 27.8 Å². The fourth-order valence-corrected chi connectivity index (χ4v) is 6.27. The van der Waals surface area contributed by atoms with E-state index < -0.39 is 52.6 Å². The van der Waals surface area contributed by atoms with Gasteiger partial charge in [0.05, 0.1) is 6.04 Å². The Kier molecular flexibility index (Phi) is 10.2. The molecule has 3 fully saturated rings. The summed E-state index contributed by atoms with van der Waals surface area (Å²) in [5, 5.41) is 11.2. The van der Waals surface area contributed by atoms with E-state index in [9.17, 15) is 28.8 Å². The third kappa shape index (κ3) is 7.83. The van der Waals surface area contributed by atoms with E-state index in [4.69, 9.17) is 0 Å². The van der Waals surface area contributed by atoms with Crippen LogP contribution in [0.15, 0.2) is 41.8 Å². The minimum absolute atomic E-state index is 0.00549. The number of hydrogen-bond acceptors (Lipinski definition) is 6. The number of urea groups is 1. The van der Waals surface area contributed by atoms with E-state index in [-0.39, 0.29) is 36.5 Å². The molecule has 0 bridgehead atoms. The highest BCUT2D eigenvalue weighted by molar-refractivity contribution is 6.41. The van der Waals surface area contributed by atoms with E-state index in [1.165, 1.54) is 21.6 Å². The summed E-state index contributed by atoms with van der Waals surface area (Å²) in [7, 11) is 0. The summed E-state index contributed by atoms with van der Waals surface area (Å²) in [6.45, 7) is 13.7. The SMILES string of the molecule is C=CCNC(=O)C(=O)C1(NC(=O)[C@@H]2CCCN2C(=O)[C@@H](NC(=O)N[C@H](Cn2ccccc2=O)C(C)C)C(C)(C)C)CC1C1CC1. The number of ketones is 1. The summed E-state index contributed by atoms with van der Waals surface area (Å²) in [4.78, 5) is 80.7. The van der Waals surface area contributed by atoms with Crippen molar-refractivity contribution < 1.29 is 24.0 Å². The number of amides is 5. The van der Waals surface area contributed by atoms with Gasteiger partial charge in [0.15, 0.2) is 0 Å². The Bertz CT molecular complexity index is 1380. The minimum Gasteiger partial charge on any atom is -0.346 e. The van der Waals surface area contributed by atoms with Crippen molar-refractivity contribution in [3.05, 3.63) is 47.4 Å². The van der Waals surface area contributed by atoms with E-state index in [0.717, 1.165) is 12.8 Å². The number of carbonyl (C=O) groups excluding carboxylic acids is 5. The molecular formula is C33H48N6O6. The zero-order chi connectivity index (χ0) is 33.1. The molecule has 246 valence electrons. The van der Waals surface area contributed by atoms with Crippen LogP contribution in [0.3, 0.4) is 0 Å². The van der Waals surface area contributed by atoms with Crippen molar-refractivity contribution in [3.8, 4) is 0 Å². The average Bonchev–Trinajstić information content (AvgIpc) is 3.89. The van der Waals surface area contributed by atoms with E-state index in [1.807, 2.05) is 34.6 Å². The van der Waals surface area contributed by atoms with Gasteiger partial charge in [-0.1, -0.05) is 46.8 Å². The van der Waals surface area contributed by atoms with Gasteiger partial charge in [0, 0.05) is 31.9 Å². The largest absolute Gasteiger partial charge is 0.346 e. The molecule has 2 unspecified atom stereocenters. The smallest absolute Gasteiger partial charge is 0.315 e. The first-order valence-electron chi connectivity index (χ1n) is 16.0. The monoisotopic (exact) mass is 624 g/mol. The second-order valence-electron chi connectivity index (χ2n) is 14.1. The van der Waals surface area contributed by atoms with Crippen LogP contribution in [0, 0.1) is 23.2 Å². The lowest BCUT2D eigenvalue weighted by molar-refractivity contribution is -0.144. The number of likely N-dealkylation sites (tertiary alicyclic amines) is 1. The average molecular weight is 625 g/mol. The molecule has 2 aliphatic carbocycles. The van der Waals surface area contributed by atoms with Crippen LogP contribution in [0.1, 0.15) is 66.7 Å². The van der Waals surface area contributed by atoms with E-state index >= 15 is 0 Å². The number of nitrogens with zero attached hydrogens (tertiary/aromatic N) is 2. The normalized spacial score (nSPS) is 23.9. The first-order valence-corrected chi connectivity index (χ1v) is 16.0. The van der Waals surface area contributed by atoms with Gasteiger partial charge in [0.1, 0.15) is 17.6 Å². The molecule has 5 amide bonds. The van der Waals surface area contributed by atoms with Gasteiger partial charge in [-0.25, -0.2) is 4.79 Å². The third-order valence-corrected chi connectivity index (χ3v) is 9.21. The van der Waals surface area contributed by atoms with Crippen LogP contribution in [0.5, 0.6) is 0 Å². The first-order chi connectivity index (χ1) is 21.2. The Labute approximate surface area is 264 Å². The molecule has 2 heterocycles. The minimum atomic E-state index is -1.26. The lowest BCUT2D eigenvalue weighted by Crippen LogP contribution is -2.61. The molecule has 1 aromatic heterocycles. The number of aromatic nitrogens is 1. The van der Waals surface area contributed by atoms with Gasteiger partial charge in [-0.15, -0.1) is 6.58 Å². The van der Waals surface area contributed by atoms with Crippen LogP contribution in [0.2, 0.25) is 0 Å². The van der Waals surface area contributed by atoms with Crippen LogP contribution in [0.25, 0.3) is 0 Å². The number of carbonyl (C=O) groups is 5. The molecule has 45 heavy (non-hydrogen) atoms. The third-order valence-electron chi connectivity index (χ3n) is 9.21. The highest BCUT2D eigenvalue weighted by Gasteiger charge is 2.67. The van der Waals surface area contributed by atoms with Gasteiger partial charge in [0.2, 0.25) is 17.6 Å². The molecule has 12 nitrogen and oxygen atoms in total. The molecule has 0 aromatic carbocycles. The maximum absolute atomic E-state index is 14.0. The highest BCUT2D eigenvalue weighted by Crippen LogP contribution is 2.57. The topological polar surface area (TPSA) is 159 Å². The Hall–Kier alpha value is -3.96. The molecular weight excluding hydrogens is 576 g/mol. The van der Waals surface area contributed by atoms with Gasteiger partial charge in [0.25, 0.3) is 11.5 Å². The Morgan fingerprint density at radius 2 is 1.80 bits per heavy atom. The zero-order valence-electron chi connectivity index (χ0n) is 27.1. The molecule has 5 atom stereocenters. The molecule has 0 radical (unpaired) electrons. The van der Waals surface area contributed by atoms with Crippen LogP contribution in [-0.2, 0) is 25.7 Å². The lowest BCUT2D eigenvalue weighted by Gasteiger charge is -2.36. The maximum Gasteiger partial charge on any atom is 0.315 e. The van der Waals surface area contributed by atoms with Gasteiger partial charge in [-0.3, -0.25) is 24.0 Å². The number of nitrogens with one attached hydrogen (secondary N) is 4. The zero-order valence-corrected chi connectivity index (χ0v) is 27.1. The van der Waals surface area contributed by atoms with Crippen molar-refractivity contribution in [2.75, 3.05) is 13.1 Å². The molecule has 4 N–H and O–H groups in total. The molecule has 1 aromatic rings. The van der Waals surface area contributed by atoms with Gasteiger partial charge in [-0.2, -0.15) is 0 Å². The number of rotatable bonds is 13. The van der Waals surface area contributed by atoms with Crippen molar-refractivity contribution in [1.29, 1.82) is 0 Å². The standard InChI is InChI=1S/C33H48N6O6/c1-7-15-34-29(43)27(41)33(18-22(33)21-13-14-21)37-28(42)24-11-10-17-39(24)30(44)26(32(4,5)6)36-31(45)35-23(20(2)3)19-38-16-9-8-12-25(38)40/h7-9,12,16,20-24,26H,1,10-11,13-15,17-19H2,2-6H3,(H,34,43)(H,37,42)(H2,35,36,45)/t22?,23-,24+,26-,33?/m1/s1. The van der Waals surface area contributed by atoms with Crippen LogP contribution in [-0.4, -0.2) is 75.8 Å². The van der Waals surface area contributed by atoms with Gasteiger partial charge in [-0.05, 0) is 61.3 Å². The summed E-state index contributed by atoms with van der Waals surface area (Å²) >= 11 is 0. The fourth-order valence-electron chi connectivity index (χ4n) is 6.27. The summed E-state index contributed by atoms with van der Waals surface area (Å²) in [6.07, 6.45) is 6.46. The Balaban J connectivity index is 1.46. The van der Waals surface area contributed by atoms with E-state index in [0.29, 0.717) is 31.7 Å². The highest BCUT2D eigenvalue weighted by atomic mass is 16.2. The Morgan fingerprint density at radius 3 is 2.40 bits per heavy atom. The Morgan fingerprint density at radius 1 is 1.09 bits per heavy atom. The maximum atomic E-state index is 14.0. The quantitative estimate of drug-likeness (QED) is 0.193. The van der Waals surface area contributed by atoms with Gasteiger partial charge >= 0.3 is 6.03 Å². The van der Waals surface area contributed by atoms with E-state index in [1.54, 1.807) is 18.3 Å². The lowest BCUT2D eigenvalue weighted by atomic mass is 9.85. The number of Topliss-reactive ketones (excluding diaryl/α,β-unsaturated/α-hetero) is 1. The number of hydrogen-bond donors (Lipinski definition) is 4. The summed E-state index contributed by atoms with van der Waals surface area (Å²) in [5.41, 5.74) is -2.13.